The summed E-state index contributed by atoms with van der Waals surface area (Å²) >= 11 is 0. The van der Waals surface area contributed by atoms with Gasteiger partial charge in [-0.3, -0.25) is 9.89 Å². The fraction of sp³-hybridized carbons (Fsp3) is 0.444. The van der Waals surface area contributed by atoms with Crippen LogP contribution in [0, 0.1) is 5.92 Å². The average molecular weight is 327 g/mol. The summed E-state index contributed by atoms with van der Waals surface area (Å²) in [6.45, 7) is 1.28. The second kappa shape index (κ2) is 6.37. The second-order valence-electron chi connectivity index (χ2n) is 6.53. The maximum atomic E-state index is 12.9. The van der Waals surface area contributed by atoms with Crippen LogP contribution in [0.1, 0.15) is 23.3 Å². The molecule has 2 fully saturated rings. The number of aromatic nitrogens is 2. The zero-order valence-electron chi connectivity index (χ0n) is 13.4. The molecular weight excluding hydrogens is 306 g/mol. The van der Waals surface area contributed by atoms with Crippen LogP contribution in [0.15, 0.2) is 36.4 Å². The van der Waals surface area contributed by atoms with Crippen LogP contribution in [-0.2, 0) is 4.74 Å². The van der Waals surface area contributed by atoms with E-state index in [9.17, 15) is 9.90 Å². The highest BCUT2D eigenvalue weighted by atomic mass is 16.5. The van der Waals surface area contributed by atoms with Gasteiger partial charge in [0.05, 0.1) is 24.4 Å². The van der Waals surface area contributed by atoms with Crippen LogP contribution >= 0.6 is 0 Å². The number of benzene rings is 1. The molecular formula is C18H21N3O3. The Morgan fingerprint density at radius 2 is 2.17 bits per heavy atom. The Balaban J connectivity index is 1.54. The second-order valence-corrected chi connectivity index (χ2v) is 6.53. The molecule has 24 heavy (non-hydrogen) atoms. The third-order valence-corrected chi connectivity index (χ3v) is 5.03. The molecule has 2 heterocycles. The third-order valence-electron chi connectivity index (χ3n) is 5.03. The molecule has 3 atom stereocenters. The number of fused-ring (bicyclic) bond motifs is 1. The van der Waals surface area contributed by atoms with Crippen molar-refractivity contribution in [2.75, 3.05) is 19.8 Å². The predicted octanol–water partition coefficient (Wildman–Crippen LogP) is 1.69. The lowest BCUT2D eigenvalue weighted by Gasteiger charge is -2.37. The smallest absolute Gasteiger partial charge is 0.272 e. The first-order chi connectivity index (χ1) is 11.8. The van der Waals surface area contributed by atoms with Crippen molar-refractivity contribution in [3.8, 4) is 11.3 Å². The highest BCUT2D eigenvalue weighted by molar-refractivity contribution is 5.93. The van der Waals surface area contributed by atoms with Gasteiger partial charge >= 0.3 is 0 Å². The molecule has 6 nitrogen and oxygen atoms in total. The van der Waals surface area contributed by atoms with Gasteiger partial charge in [0, 0.05) is 18.7 Å². The Morgan fingerprint density at radius 1 is 1.33 bits per heavy atom. The maximum absolute atomic E-state index is 12.9. The monoisotopic (exact) mass is 327 g/mol. The number of rotatable bonds is 3. The van der Waals surface area contributed by atoms with E-state index in [4.69, 9.17) is 4.74 Å². The molecule has 1 aliphatic carbocycles. The highest BCUT2D eigenvalue weighted by Gasteiger charge is 2.43. The Kier molecular flexibility index (Phi) is 4.08. The molecule has 1 amide bonds. The van der Waals surface area contributed by atoms with Gasteiger partial charge in [-0.2, -0.15) is 5.10 Å². The molecule has 0 radical (unpaired) electrons. The van der Waals surface area contributed by atoms with Crippen LogP contribution in [0.3, 0.4) is 0 Å². The normalized spacial score (nSPS) is 26.4. The minimum absolute atomic E-state index is 0.0383. The minimum Gasteiger partial charge on any atom is -0.396 e. The van der Waals surface area contributed by atoms with E-state index in [-0.39, 0.29) is 30.6 Å². The fourth-order valence-corrected chi connectivity index (χ4v) is 3.79. The quantitative estimate of drug-likeness (QED) is 0.899. The number of hydrogen-bond acceptors (Lipinski definition) is 4. The fourth-order valence-electron chi connectivity index (χ4n) is 3.79. The molecule has 2 aromatic rings. The first-order valence-corrected chi connectivity index (χ1v) is 8.40. The van der Waals surface area contributed by atoms with Crippen LogP contribution in [0.4, 0.5) is 0 Å². The standard InChI is InChI=1S/C18H21N3O3/c22-11-12-8-16-17(9-12)24-7-6-21(16)18(23)15-10-14(19-20-15)13-4-2-1-3-5-13/h1-5,10,12,16-17,22H,6-9,11H2,(H,19,20)/t12-,16+,17?/m1/s1. The van der Waals surface area contributed by atoms with E-state index in [1.54, 1.807) is 6.07 Å². The molecule has 2 N–H and O–H groups in total. The number of carbonyl (C=O) groups is 1. The van der Waals surface area contributed by atoms with Crippen molar-refractivity contribution in [2.45, 2.75) is 25.0 Å². The molecule has 1 aromatic carbocycles. The summed E-state index contributed by atoms with van der Waals surface area (Å²) in [5.41, 5.74) is 2.25. The van der Waals surface area contributed by atoms with Crippen molar-refractivity contribution in [1.82, 2.24) is 15.1 Å². The van der Waals surface area contributed by atoms with Gasteiger partial charge < -0.3 is 14.7 Å². The van der Waals surface area contributed by atoms with Gasteiger partial charge in [0.2, 0.25) is 0 Å². The number of amides is 1. The molecule has 4 rings (SSSR count). The molecule has 1 aromatic heterocycles. The van der Waals surface area contributed by atoms with Crippen LogP contribution in [0.25, 0.3) is 11.3 Å². The Labute approximate surface area is 140 Å². The average Bonchev–Trinajstić information content (AvgIpc) is 3.28. The molecule has 0 bridgehead atoms. The van der Waals surface area contributed by atoms with E-state index in [0.717, 1.165) is 24.1 Å². The minimum atomic E-state index is -0.0402. The number of aromatic amines is 1. The van der Waals surface area contributed by atoms with E-state index < -0.39 is 0 Å². The lowest BCUT2D eigenvalue weighted by molar-refractivity contribution is -0.0450. The van der Waals surface area contributed by atoms with Crippen molar-refractivity contribution in [2.24, 2.45) is 5.92 Å². The van der Waals surface area contributed by atoms with Crippen LogP contribution in [-0.4, -0.2) is 58.0 Å². The molecule has 1 unspecified atom stereocenters. The summed E-state index contributed by atoms with van der Waals surface area (Å²) in [5.74, 6) is 0.177. The van der Waals surface area contributed by atoms with Crippen LogP contribution in [0.2, 0.25) is 0 Å². The third kappa shape index (κ3) is 2.72. The summed E-state index contributed by atoms with van der Waals surface area (Å²) in [4.78, 5) is 14.8. The zero-order chi connectivity index (χ0) is 16.5. The van der Waals surface area contributed by atoms with Gasteiger partial charge in [-0.15, -0.1) is 0 Å². The summed E-state index contributed by atoms with van der Waals surface area (Å²) in [7, 11) is 0. The molecule has 1 aliphatic heterocycles. The predicted molar refractivity (Wildman–Crippen MR) is 88.4 cm³/mol. The lowest BCUT2D eigenvalue weighted by Crippen LogP contribution is -2.51. The molecule has 1 saturated carbocycles. The van der Waals surface area contributed by atoms with E-state index in [2.05, 4.69) is 10.2 Å². The van der Waals surface area contributed by atoms with E-state index in [1.807, 2.05) is 35.2 Å². The first kappa shape index (κ1) is 15.4. The van der Waals surface area contributed by atoms with Crippen molar-refractivity contribution >= 4 is 5.91 Å². The van der Waals surface area contributed by atoms with Crippen LogP contribution < -0.4 is 0 Å². The lowest BCUT2D eigenvalue weighted by atomic mass is 10.1. The van der Waals surface area contributed by atoms with Gasteiger partial charge in [-0.05, 0) is 24.8 Å². The van der Waals surface area contributed by atoms with Crippen LogP contribution in [0.5, 0.6) is 0 Å². The topological polar surface area (TPSA) is 78.5 Å². The Bertz CT molecular complexity index is 715. The maximum Gasteiger partial charge on any atom is 0.272 e. The van der Waals surface area contributed by atoms with Gasteiger partial charge in [-0.25, -0.2) is 0 Å². The van der Waals surface area contributed by atoms with E-state index >= 15 is 0 Å². The van der Waals surface area contributed by atoms with Crippen molar-refractivity contribution in [3.05, 3.63) is 42.1 Å². The van der Waals surface area contributed by atoms with Crippen molar-refractivity contribution in [1.29, 1.82) is 0 Å². The number of nitrogens with one attached hydrogen (secondary N) is 1. The summed E-state index contributed by atoms with van der Waals surface area (Å²) in [6.07, 6.45) is 1.66. The number of nitrogens with zero attached hydrogens (tertiary/aromatic N) is 2. The summed E-state index contributed by atoms with van der Waals surface area (Å²) in [6, 6.07) is 11.6. The molecule has 1 saturated heterocycles. The Morgan fingerprint density at radius 3 is 2.96 bits per heavy atom. The Hall–Kier alpha value is -2.18. The van der Waals surface area contributed by atoms with Gasteiger partial charge in [-0.1, -0.05) is 30.3 Å². The SMILES string of the molecule is O=C(c1cc(-c2ccccc2)n[nH]1)N1CCOC2C[C@H](CO)C[C@@H]21. The largest absolute Gasteiger partial charge is 0.396 e. The number of morpholine rings is 1. The van der Waals surface area contributed by atoms with Gasteiger partial charge in [0.25, 0.3) is 5.91 Å². The van der Waals surface area contributed by atoms with Gasteiger partial charge in [0.1, 0.15) is 5.69 Å². The number of aliphatic hydroxyl groups is 1. The number of ether oxygens (including phenoxy) is 1. The summed E-state index contributed by atoms with van der Waals surface area (Å²) < 4.78 is 5.79. The number of H-pyrrole nitrogens is 1. The first-order valence-electron chi connectivity index (χ1n) is 8.40. The zero-order valence-corrected chi connectivity index (χ0v) is 13.4. The number of aliphatic hydroxyl groups excluding tert-OH is 1. The van der Waals surface area contributed by atoms with E-state index in [1.165, 1.54) is 0 Å². The van der Waals surface area contributed by atoms with Crippen molar-refractivity contribution < 1.29 is 14.6 Å². The van der Waals surface area contributed by atoms with E-state index in [0.29, 0.717) is 18.8 Å². The molecule has 2 aliphatic rings. The summed E-state index contributed by atoms with van der Waals surface area (Å²) in [5, 5.41) is 16.6. The van der Waals surface area contributed by atoms with Crippen molar-refractivity contribution in [3.63, 3.8) is 0 Å². The van der Waals surface area contributed by atoms with Gasteiger partial charge in [0.15, 0.2) is 0 Å². The molecule has 6 heteroatoms. The number of carbonyl (C=O) groups excluding carboxylic acids is 1. The highest BCUT2D eigenvalue weighted by Crippen LogP contribution is 2.34. The molecule has 126 valence electrons. The molecule has 0 spiro atoms. The number of hydrogen-bond donors (Lipinski definition) is 2.